The number of aromatic nitrogens is 3. The number of ether oxygens (including phenoxy) is 2. The van der Waals surface area contributed by atoms with E-state index in [9.17, 15) is 27.2 Å². The summed E-state index contributed by atoms with van der Waals surface area (Å²) in [6.45, 7) is 1.60. The number of hydrogen-bond donors (Lipinski definition) is 1. The first-order chi connectivity index (χ1) is 16.6. The molecule has 8 nitrogen and oxygen atoms in total. The summed E-state index contributed by atoms with van der Waals surface area (Å²) < 4.78 is 68.3. The van der Waals surface area contributed by atoms with Crippen molar-refractivity contribution in [3.8, 4) is 5.75 Å². The fourth-order valence-electron chi connectivity index (χ4n) is 4.31. The van der Waals surface area contributed by atoms with Gasteiger partial charge in [0.2, 0.25) is 0 Å². The summed E-state index contributed by atoms with van der Waals surface area (Å²) in [5, 5.41) is 7.19. The third-order valence-corrected chi connectivity index (χ3v) is 6.13. The summed E-state index contributed by atoms with van der Waals surface area (Å²) in [6, 6.07) is 1.96. The van der Waals surface area contributed by atoms with Crippen molar-refractivity contribution in [2.45, 2.75) is 38.0 Å². The number of methoxy groups -OCH3 is 1. The standard InChI is InChI=1S/C23H24F4N4O4/c1-11(12-5-4-6-13(18(12)25)20(26)27)28-21-14-9-31(16-7-8-35-10-15(16)24)23(33)19(34-3)17(14)22(32)30(2)29-21/h4-6,9,11,15-16,20H,7-8,10H2,1-3H3,(H,28,29)/t11-,15-,16-/m1/s1. The maximum atomic E-state index is 14.7. The predicted octanol–water partition coefficient (Wildman–Crippen LogP) is 3.65. The van der Waals surface area contributed by atoms with Crippen molar-refractivity contribution < 1.29 is 27.0 Å². The van der Waals surface area contributed by atoms with Gasteiger partial charge >= 0.3 is 0 Å². The average Bonchev–Trinajstić information content (AvgIpc) is 2.82. The summed E-state index contributed by atoms with van der Waals surface area (Å²) >= 11 is 0. The maximum absolute atomic E-state index is 14.7. The molecule has 1 aromatic carbocycles. The maximum Gasteiger partial charge on any atom is 0.294 e. The van der Waals surface area contributed by atoms with Crippen LogP contribution >= 0.6 is 0 Å². The zero-order valence-corrected chi connectivity index (χ0v) is 19.2. The third kappa shape index (κ3) is 4.38. The Kier molecular flexibility index (Phi) is 6.84. The molecule has 3 aromatic rings. The molecule has 0 unspecified atom stereocenters. The van der Waals surface area contributed by atoms with Crippen LogP contribution in [0.1, 0.15) is 43.0 Å². The highest BCUT2D eigenvalue weighted by molar-refractivity contribution is 5.94. The van der Waals surface area contributed by atoms with E-state index < -0.39 is 47.2 Å². The van der Waals surface area contributed by atoms with Crippen LogP contribution in [-0.4, -0.2) is 40.8 Å². The summed E-state index contributed by atoms with van der Waals surface area (Å²) in [5.41, 5.74) is -2.10. The van der Waals surface area contributed by atoms with Crippen LogP contribution in [0.15, 0.2) is 34.0 Å². The topological polar surface area (TPSA) is 87.4 Å². The highest BCUT2D eigenvalue weighted by atomic mass is 19.3. The lowest BCUT2D eigenvalue weighted by atomic mass is 10.0. The molecule has 1 N–H and O–H groups in total. The number of nitrogens with one attached hydrogen (secondary N) is 1. The van der Waals surface area contributed by atoms with Gasteiger partial charge in [0.1, 0.15) is 17.4 Å². The number of nitrogens with zero attached hydrogens (tertiary/aromatic N) is 3. The second-order valence-electron chi connectivity index (χ2n) is 8.30. The molecule has 0 radical (unpaired) electrons. The highest BCUT2D eigenvalue weighted by Crippen LogP contribution is 2.32. The zero-order chi connectivity index (χ0) is 25.4. The first kappa shape index (κ1) is 24.7. The van der Waals surface area contributed by atoms with Gasteiger partial charge in [0.05, 0.1) is 36.8 Å². The SMILES string of the molecule is COc1c(=O)n([C@@H]2CCOC[C@H]2F)cc2c(N[C@H](C)c3cccc(C(F)F)c3F)nn(C)c(=O)c12. The van der Waals surface area contributed by atoms with Crippen LogP contribution in [0.3, 0.4) is 0 Å². The number of benzene rings is 1. The minimum Gasteiger partial charge on any atom is -0.490 e. The smallest absolute Gasteiger partial charge is 0.294 e. The van der Waals surface area contributed by atoms with Gasteiger partial charge in [-0.05, 0) is 13.3 Å². The van der Waals surface area contributed by atoms with Crippen LogP contribution in [-0.2, 0) is 11.8 Å². The fourth-order valence-corrected chi connectivity index (χ4v) is 4.31. The Bertz CT molecular complexity index is 1370. The van der Waals surface area contributed by atoms with Crippen LogP contribution in [0.2, 0.25) is 0 Å². The lowest BCUT2D eigenvalue weighted by molar-refractivity contribution is 0.00230. The molecule has 1 fully saturated rings. The van der Waals surface area contributed by atoms with Crippen molar-refractivity contribution in [2.75, 3.05) is 25.6 Å². The van der Waals surface area contributed by atoms with Crippen molar-refractivity contribution in [1.82, 2.24) is 14.3 Å². The Balaban J connectivity index is 1.89. The van der Waals surface area contributed by atoms with Crippen LogP contribution in [0.5, 0.6) is 5.75 Å². The summed E-state index contributed by atoms with van der Waals surface area (Å²) in [6.07, 6.45) is -2.92. The quantitative estimate of drug-likeness (QED) is 0.525. The first-order valence-corrected chi connectivity index (χ1v) is 10.9. The van der Waals surface area contributed by atoms with Gasteiger partial charge < -0.3 is 19.4 Å². The Morgan fingerprint density at radius 1 is 1.23 bits per heavy atom. The van der Waals surface area contributed by atoms with E-state index in [4.69, 9.17) is 9.47 Å². The van der Waals surface area contributed by atoms with E-state index in [1.807, 2.05) is 0 Å². The molecule has 2 aromatic heterocycles. The number of pyridine rings is 1. The van der Waals surface area contributed by atoms with Gasteiger partial charge in [-0.15, -0.1) is 0 Å². The number of anilines is 1. The summed E-state index contributed by atoms with van der Waals surface area (Å²) in [4.78, 5) is 26.0. The molecule has 3 heterocycles. The van der Waals surface area contributed by atoms with Crippen LogP contribution in [0.4, 0.5) is 23.4 Å². The van der Waals surface area contributed by atoms with Crippen LogP contribution < -0.4 is 21.2 Å². The molecule has 3 atom stereocenters. The molecule has 188 valence electrons. The number of rotatable bonds is 6. The van der Waals surface area contributed by atoms with Crippen molar-refractivity contribution >= 4 is 16.6 Å². The number of halogens is 4. The molecular formula is C23H24F4N4O4. The van der Waals surface area contributed by atoms with E-state index in [1.54, 1.807) is 0 Å². The van der Waals surface area contributed by atoms with Gasteiger partial charge in [-0.25, -0.2) is 22.2 Å². The van der Waals surface area contributed by atoms with E-state index in [0.29, 0.717) is 0 Å². The van der Waals surface area contributed by atoms with Crippen molar-refractivity contribution in [2.24, 2.45) is 7.05 Å². The number of fused-ring (bicyclic) bond motifs is 1. The van der Waals surface area contributed by atoms with E-state index >= 15 is 0 Å². The Morgan fingerprint density at radius 3 is 2.60 bits per heavy atom. The fraction of sp³-hybridized carbons (Fsp3) is 0.435. The molecule has 0 saturated carbocycles. The molecule has 1 saturated heterocycles. The molecule has 4 rings (SSSR count). The van der Waals surface area contributed by atoms with E-state index in [1.165, 1.54) is 39.4 Å². The average molecular weight is 496 g/mol. The van der Waals surface area contributed by atoms with Crippen LogP contribution in [0, 0.1) is 5.82 Å². The van der Waals surface area contributed by atoms with E-state index in [0.717, 1.165) is 15.3 Å². The normalized spacial score (nSPS) is 19.2. The summed E-state index contributed by atoms with van der Waals surface area (Å²) in [5.74, 6) is -1.29. The van der Waals surface area contributed by atoms with Crippen molar-refractivity contribution in [1.29, 1.82) is 0 Å². The van der Waals surface area contributed by atoms with Gasteiger partial charge in [0, 0.05) is 25.4 Å². The lowest BCUT2D eigenvalue weighted by Gasteiger charge is -2.28. The highest BCUT2D eigenvalue weighted by Gasteiger charge is 2.30. The van der Waals surface area contributed by atoms with Crippen molar-refractivity contribution in [3.05, 3.63) is 62.0 Å². The van der Waals surface area contributed by atoms with Gasteiger partial charge in [0.25, 0.3) is 17.5 Å². The van der Waals surface area contributed by atoms with Gasteiger partial charge in [-0.1, -0.05) is 18.2 Å². The molecule has 0 aliphatic carbocycles. The minimum absolute atomic E-state index is 0.0415. The van der Waals surface area contributed by atoms with Gasteiger partial charge in [0.15, 0.2) is 11.6 Å². The third-order valence-electron chi connectivity index (χ3n) is 6.13. The van der Waals surface area contributed by atoms with Crippen LogP contribution in [0.25, 0.3) is 10.8 Å². The molecule has 1 aliphatic rings. The minimum atomic E-state index is -2.99. The van der Waals surface area contributed by atoms with Gasteiger partial charge in [-0.2, -0.15) is 5.10 Å². The molecule has 0 spiro atoms. The molecule has 12 heteroatoms. The Labute approximate surface area is 197 Å². The second-order valence-corrected chi connectivity index (χ2v) is 8.30. The largest absolute Gasteiger partial charge is 0.490 e. The summed E-state index contributed by atoms with van der Waals surface area (Å²) in [7, 11) is 2.58. The first-order valence-electron chi connectivity index (χ1n) is 10.9. The van der Waals surface area contributed by atoms with Crippen molar-refractivity contribution in [3.63, 3.8) is 0 Å². The zero-order valence-electron chi connectivity index (χ0n) is 19.2. The number of alkyl halides is 3. The van der Waals surface area contributed by atoms with E-state index in [-0.39, 0.29) is 47.5 Å². The Morgan fingerprint density at radius 2 is 1.94 bits per heavy atom. The molecule has 0 bridgehead atoms. The molecule has 35 heavy (non-hydrogen) atoms. The predicted molar refractivity (Wildman–Crippen MR) is 121 cm³/mol. The van der Waals surface area contributed by atoms with Gasteiger partial charge in [-0.3, -0.25) is 9.59 Å². The molecule has 0 amide bonds. The lowest BCUT2D eigenvalue weighted by Crippen LogP contribution is -2.37. The van der Waals surface area contributed by atoms with E-state index in [2.05, 4.69) is 10.4 Å². The number of aryl methyl sites for hydroxylation is 1. The number of hydrogen-bond acceptors (Lipinski definition) is 6. The second kappa shape index (κ2) is 9.68. The molecule has 1 aliphatic heterocycles. The molecular weight excluding hydrogens is 472 g/mol. The monoisotopic (exact) mass is 496 g/mol. The Hall–Kier alpha value is -3.41.